The molecule has 0 unspecified atom stereocenters. The Labute approximate surface area is 223 Å². The average Bonchev–Trinajstić information content (AvgIpc) is 2.86. The van der Waals surface area contributed by atoms with Crippen molar-refractivity contribution in [2.75, 3.05) is 12.8 Å². The summed E-state index contributed by atoms with van der Waals surface area (Å²) in [6.45, 7) is 5.73. The fourth-order valence-electron chi connectivity index (χ4n) is 4.31. The standard InChI is InChI=1S/C28H32N4O5S/c1-28(2,3)37-27(34)32-14-6-5-7-24(32)26(33)31-23(18-30)15-19-8-10-20(11-9-19)21-12-13-22(17-29)25(16-21)38(4,35)36/h8-13,16,23-24H,5-7,14-15H2,1-4H3,(H,31,33)/t23-,24-/m0/s1. The van der Waals surface area contributed by atoms with Gasteiger partial charge in [0.2, 0.25) is 5.91 Å². The molecular formula is C28H32N4O5S. The molecule has 0 aromatic heterocycles. The van der Waals surface area contributed by atoms with Gasteiger partial charge in [-0.25, -0.2) is 13.2 Å². The molecule has 0 radical (unpaired) electrons. The molecule has 10 heteroatoms. The number of hydrogen-bond donors (Lipinski definition) is 1. The van der Waals surface area contributed by atoms with Crippen LogP contribution >= 0.6 is 0 Å². The van der Waals surface area contributed by atoms with Gasteiger partial charge >= 0.3 is 6.09 Å². The topological polar surface area (TPSA) is 140 Å². The van der Waals surface area contributed by atoms with Gasteiger partial charge in [0.15, 0.2) is 9.84 Å². The van der Waals surface area contributed by atoms with Gasteiger partial charge in [-0.3, -0.25) is 9.69 Å². The zero-order chi connectivity index (χ0) is 28.1. The second-order valence-electron chi connectivity index (χ2n) is 10.4. The molecular weight excluding hydrogens is 504 g/mol. The van der Waals surface area contributed by atoms with Crippen LogP contribution in [0.3, 0.4) is 0 Å². The van der Waals surface area contributed by atoms with Crippen LogP contribution in [0.1, 0.15) is 51.2 Å². The fourth-order valence-corrected chi connectivity index (χ4v) is 5.16. The van der Waals surface area contributed by atoms with Crippen LogP contribution in [0.5, 0.6) is 0 Å². The van der Waals surface area contributed by atoms with Crippen LogP contribution in [0, 0.1) is 22.7 Å². The average molecular weight is 537 g/mol. The predicted molar refractivity (Wildman–Crippen MR) is 142 cm³/mol. The van der Waals surface area contributed by atoms with Gasteiger partial charge in [0.1, 0.15) is 23.8 Å². The van der Waals surface area contributed by atoms with Gasteiger partial charge in [0, 0.05) is 19.2 Å². The first kappa shape index (κ1) is 28.7. The minimum absolute atomic E-state index is 0.0306. The Kier molecular flexibility index (Phi) is 8.80. The van der Waals surface area contributed by atoms with E-state index in [2.05, 4.69) is 11.4 Å². The predicted octanol–water partition coefficient (Wildman–Crippen LogP) is 3.97. The van der Waals surface area contributed by atoms with Crippen LogP contribution in [0.25, 0.3) is 11.1 Å². The minimum atomic E-state index is -3.57. The number of carbonyl (C=O) groups is 2. The normalized spacial score (nSPS) is 16.6. The maximum absolute atomic E-state index is 13.1. The first-order chi connectivity index (χ1) is 17.8. The molecule has 0 spiro atoms. The zero-order valence-electron chi connectivity index (χ0n) is 22.0. The second-order valence-corrected chi connectivity index (χ2v) is 12.4. The van der Waals surface area contributed by atoms with Crippen LogP contribution in [0.2, 0.25) is 0 Å². The number of nitrogens with one attached hydrogen (secondary N) is 1. The summed E-state index contributed by atoms with van der Waals surface area (Å²) in [7, 11) is -3.57. The highest BCUT2D eigenvalue weighted by atomic mass is 32.2. The molecule has 2 aromatic carbocycles. The number of nitrogens with zero attached hydrogens (tertiary/aromatic N) is 3. The first-order valence-electron chi connectivity index (χ1n) is 12.4. The van der Waals surface area contributed by atoms with Crippen molar-refractivity contribution in [1.82, 2.24) is 10.2 Å². The van der Waals surface area contributed by atoms with E-state index in [1.807, 2.05) is 6.07 Å². The maximum atomic E-state index is 13.1. The van der Waals surface area contributed by atoms with Crippen molar-refractivity contribution >= 4 is 21.8 Å². The number of benzene rings is 2. The number of piperidine rings is 1. The zero-order valence-corrected chi connectivity index (χ0v) is 22.8. The first-order valence-corrected chi connectivity index (χ1v) is 14.2. The third-order valence-electron chi connectivity index (χ3n) is 6.13. The molecule has 38 heavy (non-hydrogen) atoms. The van der Waals surface area contributed by atoms with Gasteiger partial charge in [-0.1, -0.05) is 30.3 Å². The summed E-state index contributed by atoms with van der Waals surface area (Å²) in [5.74, 6) is -0.385. The summed E-state index contributed by atoms with van der Waals surface area (Å²) in [6.07, 6.45) is 2.85. The Morgan fingerprint density at radius 3 is 2.34 bits per heavy atom. The summed E-state index contributed by atoms with van der Waals surface area (Å²) in [5, 5.41) is 21.7. The van der Waals surface area contributed by atoms with Crippen molar-refractivity contribution in [2.24, 2.45) is 0 Å². The highest BCUT2D eigenvalue weighted by molar-refractivity contribution is 7.90. The van der Waals surface area contributed by atoms with E-state index in [0.717, 1.165) is 30.2 Å². The SMILES string of the molecule is CC(C)(C)OC(=O)N1CCCC[C@H]1C(=O)N[C@H](C#N)Cc1ccc(-c2ccc(C#N)c(S(C)(=O)=O)c2)cc1. The molecule has 0 saturated carbocycles. The van der Waals surface area contributed by atoms with Gasteiger partial charge in [-0.2, -0.15) is 10.5 Å². The Morgan fingerprint density at radius 2 is 1.76 bits per heavy atom. The quantitative estimate of drug-likeness (QED) is 0.589. The minimum Gasteiger partial charge on any atom is -0.444 e. The van der Waals surface area contributed by atoms with E-state index < -0.39 is 33.6 Å². The molecule has 2 atom stereocenters. The second kappa shape index (κ2) is 11.7. The molecule has 1 N–H and O–H groups in total. The number of nitriles is 2. The number of amides is 2. The molecule has 1 aliphatic rings. The lowest BCUT2D eigenvalue weighted by atomic mass is 9.99. The van der Waals surface area contributed by atoms with E-state index in [1.54, 1.807) is 51.1 Å². The summed E-state index contributed by atoms with van der Waals surface area (Å²) in [6, 6.07) is 14.4. The highest BCUT2D eigenvalue weighted by Gasteiger charge is 2.35. The number of hydrogen-bond acceptors (Lipinski definition) is 7. The maximum Gasteiger partial charge on any atom is 0.410 e. The monoisotopic (exact) mass is 536 g/mol. The number of likely N-dealkylation sites (tertiary alicyclic amines) is 1. The lowest BCUT2D eigenvalue weighted by molar-refractivity contribution is -0.128. The summed E-state index contributed by atoms with van der Waals surface area (Å²) in [4.78, 5) is 27.1. The Hall–Kier alpha value is -3.89. The van der Waals surface area contributed by atoms with E-state index in [9.17, 15) is 28.5 Å². The molecule has 1 heterocycles. The van der Waals surface area contributed by atoms with Crippen molar-refractivity contribution in [1.29, 1.82) is 10.5 Å². The third kappa shape index (κ3) is 7.33. The summed E-state index contributed by atoms with van der Waals surface area (Å²) >= 11 is 0. The van der Waals surface area contributed by atoms with Gasteiger partial charge in [-0.15, -0.1) is 0 Å². The van der Waals surface area contributed by atoms with Gasteiger partial charge < -0.3 is 10.1 Å². The highest BCUT2D eigenvalue weighted by Crippen LogP contribution is 2.26. The van der Waals surface area contributed by atoms with E-state index in [0.29, 0.717) is 18.5 Å². The molecule has 3 rings (SSSR count). The third-order valence-corrected chi connectivity index (χ3v) is 7.27. The van der Waals surface area contributed by atoms with Crippen molar-refractivity contribution in [2.45, 2.75) is 69.0 Å². The molecule has 1 saturated heterocycles. The summed E-state index contributed by atoms with van der Waals surface area (Å²) in [5.41, 5.74) is 1.59. The van der Waals surface area contributed by atoms with Crippen molar-refractivity contribution in [3.63, 3.8) is 0 Å². The number of ether oxygens (including phenoxy) is 1. The molecule has 200 valence electrons. The van der Waals surface area contributed by atoms with Crippen LogP contribution in [-0.2, 0) is 25.8 Å². The Bertz CT molecular complexity index is 1380. The summed E-state index contributed by atoms with van der Waals surface area (Å²) < 4.78 is 29.6. The van der Waals surface area contributed by atoms with E-state index in [4.69, 9.17) is 4.74 Å². The number of carbonyl (C=O) groups excluding carboxylic acids is 2. The Balaban J connectivity index is 1.71. The van der Waals surface area contributed by atoms with Crippen LogP contribution in [-0.4, -0.2) is 55.8 Å². The van der Waals surface area contributed by atoms with Crippen LogP contribution in [0.15, 0.2) is 47.4 Å². The lowest BCUT2D eigenvalue weighted by Gasteiger charge is -2.36. The van der Waals surface area contributed by atoms with Crippen molar-refractivity contribution < 1.29 is 22.7 Å². The fraction of sp³-hybridized carbons (Fsp3) is 0.429. The van der Waals surface area contributed by atoms with Crippen LogP contribution in [0.4, 0.5) is 4.79 Å². The molecule has 1 aliphatic heterocycles. The molecule has 0 bridgehead atoms. The molecule has 2 aromatic rings. The largest absolute Gasteiger partial charge is 0.444 e. The van der Waals surface area contributed by atoms with E-state index >= 15 is 0 Å². The lowest BCUT2D eigenvalue weighted by Crippen LogP contribution is -2.54. The van der Waals surface area contributed by atoms with Gasteiger partial charge in [-0.05, 0) is 68.9 Å². The Morgan fingerprint density at radius 1 is 1.11 bits per heavy atom. The van der Waals surface area contributed by atoms with Crippen molar-refractivity contribution in [3.8, 4) is 23.3 Å². The smallest absolute Gasteiger partial charge is 0.410 e. The number of sulfone groups is 1. The van der Waals surface area contributed by atoms with Gasteiger partial charge in [0.05, 0.1) is 16.5 Å². The van der Waals surface area contributed by atoms with E-state index in [1.165, 1.54) is 17.0 Å². The molecule has 1 fully saturated rings. The number of rotatable bonds is 6. The van der Waals surface area contributed by atoms with Crippen molar-refractivity contribution in [3.05, 3.63) is 53.6 Å². The van der Waals surface area contributed by atoms with Gasteiger partial charge in [0.25, 0.3) is 0 Å². The molecule has 0 aliphatic carbocycles. The van der Waals surface area contributed by atoms with E-state index in [-0.39, 0.29) is 22.8 Å². The van der Waals surface area contributed by atoms with Crippen LogP contribution < -0.4 is 5.32 Å². The molecule has 9 nitrogen and oxygen atoms in total. The molecule has 2 amide bonds.